The summed E-state index contributed by atoms with van der Waals surface area (Å²) in [7, 11) is 0. The van der Waals surface area contributed by atoms with E-state index in [0.29, 0.717) is 17.9 Å². The summed E-state index contributed by atoms with van der Waals surface area (Å²) in [6.45, 7) is 0.320. The number of para-hydroxylation sites is 1. The standard InChI is InChI=1S/C19H13F3O3/c20-19(21,22)13-7-5-11(6-8-13)16-9-12-10-24-15-4-2-1-3-14(15)17(12)18(23)25-16/h1-9,12,17H,10H2/t12-,17-/m0/s1. The fraction of sp³-hybridized carbons (Fsp3) is 0.211. The van der Waals surface area contributed by atoms with Crippen molar-refractivity contribution in [2.24, 2.45) is 5.92 Å². The molecule has 0 radical (unpaired) electrons. The van der Waals surface area contributed by atoms with Gasteiger partial charge in [0, 0.05) is 17.0 Å². The Balaban J connectivity index is 1.66. The third-order valence-electron chi connectivity index (χ3n) is 4.44. The zero-order chi connectivity index (χ0) is 17.6. The highest BCUT2D eigenvalue weighted by Crippen LogP contribution is 2.43. The van der Waals surface area contributed by atoms with E-state index in [4.69, 9.17) is 9.47 Å². The van der Waals surface area contributed by atoms with Crippen molar-refractivity contribution in [3.63, 3.8) is 0 Å². The SMILES string of the molecule is O=C1OC(c2ccc(C(F)(F)F)cc2)=C[C@H]2COc3ccccc3[C@@H]12. The molecule has 0 bridgehead atoms. The molecule has 2 aromatic rings. The Morgan fingerprint density at radius 1 is 1.00 bits per heavy atom. The Morgan fingerprint density at radius 2 is 1.72 bits per heavy atom. The number of hydrogen-bond acceptors (Lipinski definition) is 3. The van der Waals surface area contributed by atoms with Crippen molar-refractivity contribution < 1.29 is 27.4 Å². The van der Waals surface area contributed by atoms with Crippen molar-refractivity contribution in [2.75, 3.05) is 6.61 Å². The van der Waals surface area contributed by atoms with Gasteiger partial charge in [-0.15, -0.1) is 0 Å². The van der Waals surface area contributed by atoms with E-state index >= 15 is 0 Å². The van der Waals surface area contributed by atoms with Gasteiger partial charge in [0.2, 0.25) is 0 Å². The van der Waals surface area contributed by atoms with Crippen molar-refractivity contribution in [1.29, 1.82) is 0 Å². The van der Waals surface area contributed by atoms with Crippen LogP contribution in [-0.2, 0) is 15.7 Å². The summed E-state index contributed by atoms with van der Waals surface area (Å²) in [5.74, 6) is -0.162. The lowest BCUT2D eigenvalue weighted by Crippen LogP contribution is -2.34. The van der Waals surface area contributed by atoms with Crippen LogP contribution < -0.4 is 4.74 Å². The smallest absolute Gasteiger partial charge is 0.416 e. The molecule has 6 heteroatoms. The van der Waals surface area contributed by atoms with Crippen LogP contribution in [0.2, 0.25) is 0 Å². The number of ether oxygens (including phenoxy) is 2. The predicted molar refractivity (Wildman–Crippen MR) is 83.7 cm³/mol. The van der Waals surface area contributed by atoms with E-state index in [9.17, 15) is 18.0 Å². The maximum absolute atomic E-state index is 12.7. The molecule has 0 amide bonds. The van der Waals surface area contributed by atoms with Crippen molar-refractivity contribution >= 4 is 11.7 Å². The number of alkyl halides is 3. The summed E-state index contributed by atoms with van der Waals surface area (Å²) in [5, 5.41) is 0. The van der Waals surface area contributed by atoms with Crippen molar-refractivity contribution in [1.82, 2.24) is 0 Å². The van der Waals surface area contributed by atoms with E-state index in [1.54, 1.807) is 12.1 Å². The van der Waals surface area contributed by atoms with Gasteiger partial charge in [0.05, 0.1) is 18.1 Å². The number of rotatable bonds is 1. The maximum atomic E-state index is 12.7. The van der Waals surface area contributed by atoms with Crippen LogP contribution in [0, 0.1) is 5.92 Å². The molecule has 128 valence electrons. The average Bonchev–Trinajstić information content (AvgIpc) is 2.60. The minimum absolute atomic E-state index is 0.214. The van der Waals surface area contributed by atoms with Gasteiger partial charge in [-0.1, -0.05) is 30.3 Å². The van der Waals surface area contributed by atoms with Gasteiger partial charge in [0.1, 0.15) is 11.5 Å². The van der Waals surface area contributed by atoms with Gasteiger partial charge in [0.25, 0.3) is 0 Å². The second kappa shape index (κ2) is 5.65. The van der Waals surface area contributed by atoms with E-state index in [0.717, 1.165) is 17.7 Å². The predicted octanol–water partition coefficient (Wildman–Crippen LogP) is 4.40. The quantitative estimate of drug-likeness (QED) is 0.718. The first-order valence-electron chi connectivity index (χ1n) is 7.76. The van der Waals surface area contributed by atoms with Crippen molar-refractivity contribution in [3.8, 4) is 5.75 Å². The highest BCUT2D eigenvalue weighted by atomic mass is 19.4. The lowest BCUT2D eigenvalue weighted by molar-refractivity contribution is -0.141. The van der Waals surface area contributed by atoms with E-state index < -0.39 is 23.6 Å². The molecule has 2 aliphatic heterocycles. The molecule has 0 aliphatic carbocycles. The molecule has 2 aliphatic rings. The van der Waals surface area contributed by atoms with E-state index in [2.05, 4.69) is 0 Å². The van der Waals surface area contributed by atoms with E-state index in [1.165, 1.54) is 12.1 Å². The third kappa shape index (κ3) is 2.77. The highest BCUT2D eigenvalue weighted by Gasteiger charge is 2.40. The molecule has 2 aromatic carbocycles. The normalized spacial score (nSPS) is 22.2. The van der Waals surface area contributed by atoms with Crippen LogP contribution in [0.1, 0.15) is 22.6 Å². The first-order valence-corrected chi connectivity index (χ1v) is 7.76. The fourth-order valence-corrected chi connectivity index (χ4v) is 3.21. The zero-order valence-electron chi connectivity index (χ0n) is 12.9. The fourth-order valence-electron chi connectivity index (χ4n) is 3.21. The van der Waals surface area contributed by atoms with Gasteiger partial charge in [-0.2, -0.15) is 13.2 Å². The molecule has 0 N–H and O–H groups in total. The molecule has 4 rings (SSSR count). The molecule has 3 nitrogen and oxygen atoms in total. The maximum Gasteiger partial charge on any atom is 0.416 e. The van der Waals surface area contributed by atoms with Crippen LogP contribution in [-0.4, -0.2) is 12.6 Å². The molecule has 0 saturated carbocycles. The second-order valence-electron chi connectivity index (χ2n) is 6.02. The van der Waals surface area contributed by atoms with Crippen molar-refractivity contribution in [2.45, 2.75) is 12.1 Å². The lowest BCUT2D eigenvalue weighted by Gasteiger charge is -2.34. The monoisotopic (exact) mass is 346 g/mol. The molecule has 0 saturated heterocycles. The van der Waals surface area contributed by atoms with Gasteiger partial charge in [-0.25, -0.2) is 0 Å². The molecular weight excluding hydrogens is 333 g/mol. The Hall–Kier alpha value is -2.76. The Morgan fingerprint density at radius 3 is 2.44 bits per heavy atom. The molecule has 0 aromatic heterocycles. The number of carbonyl (C=O) groups excluding carboxylic acids is 1. The molecule has 0 unspecified atom stereocenters. The van der Waals surface area contributed by atoms with Crippen LogP contribution in [0.4, 0.5) is 13.2 Å². The third-order valence-corrected chi connectivity index (χ3v) is 4.44. The van der Waals surface area contributed by atoms with Crippen LogP contribution in [0.3, 0.4) is 0 Å². The van der Waals surface area contributed by atoms with Crippen LogP contribution in [0.5, 0.6) is 5.75 Å². The van der Waals surface area contributed by atoms with Crippen molar-refractivity contribution in [3.05, 3.63) is 71.3 Å². The number of halogens is 3. The molecule has 0 fully saturated rings. The van der Waals surface area contributed by atoms with Gasteiger partial charge in [-0.3, -0.25) is 4.79 Å². The topological polar surface area (TPSA) is 35.5 Å². The van der Waals surface area contributed by atoms with Crippen LogP contribution >= 0.6 is 0 Å². The Bertz CT molecular complexity index is 853. The Labute approximate surface area is 141 Å². The summed E-state index contributed by atoms with van der Waals surface area (Å²) in [6, 6.07) is 11.8. The molecule has 0 spiro atoms. The summed E-state index contributed by atoms with van der Waals surface area (Å²) in [4.78, 5) is 12.5. The van der Waals surface area contributed by atoms with E-state index in [1.807, 2.05) is 18.2 Å². The summed E-state index contributed by atoms with van der Waals surface area (Å²) >= 11 is 0. The van der Waals surface area contributed by atoms with Gasteiger partial charge >= 0.3 is 12.1 Å². The molecule has 2 atom stereocenters. The van der Waals surface area contributed by atoms with Crippen LogP contribution in [0.15, 0.2) is 54.6 Å². The minimum atomic E-state index is -4.40. The van der Waals surface area contributed by atoms with Gasteiger partial charge < -0.3 is 9.47 Å². The first-order chi connectivity index (χ1) is 11.9. The second-order valence-corrected chi connectivity index (χ2v) is 6.02. The number of carbonyl (C=O) groups is 1. The Kier molecular flexibility index (Phi) is 3.56. The first kappa shape index (κ1) is 15.7. The minimum Gasteiger partial charge on any atom is -0.493 e. The molecular formula is C19H13F3O3. The van der Waals surface area contributed by atoms with Crippen LogP contribution in [0.25, 0.3) is 5.76 Å². The zero-order valence-corrected chi connectivity index (χ0v) is 12.9. The van der Waals surface area contributed by atoms with E-state index in [-0.39, 0.29) is 11.7 Å². The number of cyclic esters (lactones) is 1. The number of hydrogen-bond donors (Lipinski definition) is 0. The summed E-state index contributed by atoms with van der Waals surface area (Å²) in [5.41, 5.74) is 0.455. The van der Waals surface area contributed by atoms with Gasteiger partial charge in [0.15, 0.2) is 0 Å². The molecule has 25 heavy (non-hydrogen) atoms. The highest BCUT2D eigenvalue weighted by molar-refractivity contribution is 5.88. The average molecular weight is 346 g/mol. The summed E-state index contributed by atoms with van der Waals surface area (Å²) in [6.07, 6.45) is -2.65. The lowest BCUT2D eigenvalue weighted by atomic mass is 9.82. The number of fused-ring (bicyclic) bond motifs is 3. The van der Waals surface area contributed by atoms with Gasteiger partial charge in [-0.05, 0) is 24.3 Å². The molecule has 2 heterocycles. The summed E-state index contributed by atoms with van der Waals surface area (Å²) < 4.78 is 49.1. The number of esters is 1. The largest absolute Gasteiger partial charge is 0.493 e. The number of benzene rings is 2.